The van der Waals surface area contributed by atoms with Gasteiger partial charge in [-0.25, -0.2) is 9.69 Å². The molecule has 5 nitrogen and oxygen atoms in total. The summed E-state index contributed by atoms with van der Waals surface area (Å²) < 4.78 is 42.8. The van der Waals surface area contributed by atoms with Gasteiger partial charge >= 0.3 is 12.3 Å². The van der Waals surface area contributed by atoms with Gasteiger partial charge in [0.15, 0.2) is 0 Å². The van der Waals surface area contributed by atoms with Crippen molar-refractivity contribution in [2.24, 2.45) is 0 Å². The first-order chi connectivity index (χ1) is 10.1. The molecular formula is C12H8Cl2F3NO4. The molecule has 0 spiro atoms. The summed E-state index contributed by atoms with van der Waals surface area (Å²) in [6.07, 6.45) is -6.66. The van der Waals surface area contributed by atoms with Crippen molar-refractivity contribution in [3.05, 3.63) is 33.8 Å². The van der Waals surface area contributed by atoms with Crippen molar-refractivity contribution in [2.75, 3.05) is 13.2 Å². The molecule has 1 atom stereocenters. The maximum atomic E-state index is 12.8. The molecule has 120 valence electrons. The number of benzene rings is 1. The van der Waals surface area contributed by atoms with Gasteiger partial charge in [0.05, 0.1) is 28.8 Å². The molecule has 0 radical (unpaired) electrons. The van der Waals surface area contributed by atoms with Gasteiger partial charge in [-0.05, 0) is 12.1 Å². The molecule has 0 aromatic heterocycles. The summed E-state index contributed by atoms with van der Waals surface area (Å²) in [5, 5.41) is 8.71. The number of epoxide rings is 1. The summed E-state index contributed by atoms with van der Waals surface area (Å²) in [7, 11) is 0. The molecule has 10 heteroatoms. The minimum absolute atomic E-state index is 0.00637. The van der Waals surface area contributed by atoms with Crippen LogP contribution in [0, 0.1) is 0 Å². The average molecular weight is 358 g/mol. The Labute approximate surface area is 132 Å². The number of hydrogen-bond acceptors (Lipinski definition) is 3. The van der Waals surface area contributed by atoms with Crippen molar-refractivity contribution in [2.45, 2.75) is 11.8 Å². The first-order valence-electron chi connectivity index (χ1n) is 5.78. The molecule has 1 saturated heterocycles. The molecule has 1 heterocycles. The van der Waals surface area contributed by atoms with Crippen LogP contribution >= 0.6 is 23.2 Å². The Balaban J connectivity index is 2.34. The topological polar surface area (TPSA) is 70.1 Å². The van der Waals surface area contributed by atoms with Crippen molar-refractivity contribution in [3.63, 3.8) is 0 Å². The lowest BCUT2D eigenvalue weighted by atomic mass is 10.1. The third kappa shape index (κ3) is 2.99. The van der Waals surface area contributed by atoms with Crippen molar-refractivity contribution < 1.29 is 32.6 Å². The standard InChI is InChI=1S/C12H8Cl2F3NO4/c13-6-2-1-3-7(14)8(6)9(19)18(10(20)21)4-11(5-22-11)12(15,16)17/h1-3H,4-5H2,(H,20,21). The van der Waals surface area contributed by atoms with Crippen LogP contribution in [0.5, 0.6) is 0 Å². The van der Waals surface area contributed by atoms with Gasteiger partial charge in [-0.3, -0.25) is 4.79 Å². The SMILES string of the molecule is O=C(O)N(CC1(C(F)(F)F)CO1)C(=O)c1c(Cl)cccc1Cl. The second-order valence-electron chi connectivity index (χ2n) is 4.55. The maximum absolute atomic E-state index is 12.8. The van der Waals surface area contributed by atoms with Gasteiger partial charge < -0.3 is 9.84 Å². The summed E-state index contributed by atoms with van der Waals surface area (Å²) in [6.45, 7) is -1.91. The number of imide groups is 1. The molecule has 0 saturated carbocycles. The first kappa shape index (κ1) is 16.9. The molecular weight excluding hydrogens is 350 g/mol. The van der Waals surface area contributed by atoms with Crippen LogP contribution < -0.4 is 0 Å². The van der Waals surface area contributed by atoms with Gasteiger partial charge in [-0.1, -0.05) is 29.3 Å². The minimum Gasteiger partial charge on any atom is -0.465 e. The van der Waals surface area contributed by atoms with Gasteiger partial charge in [-0.2, -0.15) is 13.2 Å². The number of alkyl halides is 3. The lowest BCUT2D eigenvalue weighted by Crippen LogP contribution is -2.48. The molecule has 1 unspecified atom stereocenters. The van der Waals surface area contributed by atoms with Crippen LogP contribution in [-0.2, 0) is 4.74 Å². The van der Waals surface area contributed by atoms with Crippen LogP contribution in [0.1, 0.15) is 10.4 Å². The van der Waals surface area contributed by atoms with Crippen molar-refractivity contribution >= 4 is 35.2 Å². The van der Waals surface area contributed by atoms with Crippen LogP contribution in [0.2, 0.25) is 10.0 Å². The van der Waals surface area contributed by atoms with Crippen molar-refractivity contribution in [1.82, 2.24) is 4.90 Å². The van der Waals surface area contributed by atoms with Crippen LogP contribution in [0.3, 0.4) is 0 Å². The number of hydrogen-bond donors (Lipinski definition) is 1. The van der Waals surface area contributed by atoms with Crippen LogP contribution in [-0.4, -0.2) is 46.9 Å². The third-order valence-corrected chi connectivity index (χ3v) is 3.71. The molecule has 2 amide bonds. The molecule has 1 aliphatic rings. The van der Waals surface area contributed by atoms with Gasteiger partial charge in [0.25, 0.3) is 5.91 Å². The summed E-state index contributed by atoms with van der Waals surface area (Å²) in [5.41, 5.74) is -3.05. The molecule has 1 aromatic rings. The quantitative estimate of drug-likeness (QED) is 0.841. The van der Waals surface area contributed by atoms with Crippen LogP contribution in [0.15, 0.2) is 18.2 Å². The lowest BCUT2D eigenvalue weighted by molar-refractivity contribution is -0.185. The van der Waals surface area contributed by atoms with E-state index in [0.717, 1.165) is 0 Å². The van der Waals surface area contributed by atoms with E-state index in [1.165, 1.54) is 18.2 Å². The van der Waals surface area contributed by atoms with Gasteiger partial charge in [-0.15, -0.1) is 0 Å². The van der Waals surface area contributed by atoms with Gasteiger partial charge in [0, 0.05) is 0 Å². The van der Waals surface area contributed by atoms with E-state index in [1.807, 2.05) is 0 Å². The van der Waals surface area contributed by atoms with E-state index in [4.69, 9.17) is 28.3 Å². The van der Waals surface area contributed by atoms with E-state index in [9.17, 15) is 22.8 Å². The van der Waals surface area contributed by atoms with Crippen molar-refractivity contribution in [1.29, 1.82) is 0 Å². The number of ether oxygens (including phenoxy) is 1. The number of nitrogens with zero attached hydrogens (tertiary/aromatic N) is 1. The maximum Gasteiger partial charge on any atom is 0.421 e. The number of carbonyl (C=O) groups is 2. The molecule has 0 aliphatic carbocycles. The van der Waals surface area contributed by atoms with Crippen molar-refractivity contribution in [3.8, 4) is 0 Å². The monoisotopic (exact) mass is 357 g/mol. The number of carboxylic acid groups (broad SMARTS) is 1. The van der Waals surface area contributed by atoms with E-state index >= 15 is 0 Å². The first-order valence-corrected chi connectivity index (χ1v) is 6.54. The Hall–Kier alpha value is -1.51. The van der Waals surface area contributed by atoms with E-state index in [0.29, 0.717) is 0 Å². The zero-order chi connectivity index (χ0) is 16.7. The fourth-order valence-electron chi connectivity index (χ4n) is 1.75. The predicted octanol–water partition coefficient (Wildman–Crippen LogP) is 3.44. The minimum atomic E-state index is -4.80. The normalized spacial score (nSPS) is 20.6. The zero-order valence-electron chi connectivity index (χ0n) is 10.7. The number of rotatable bonds is 3. The second kappa shape index (κ2) is 5.60. The second-order valence-corrected chi connectivity index (χ2v) is 5.37. The fraction of sp³-hybridized carbons (Fsp3) is 0.333. The molecule has 1 aliphatic heterocycles. The Morgan fingerprint density at radius 1 is 1.32 bits per heavy atom. The molecule has 0 bridgehead atoms. The highest BCUT2D eigenvalue weighted by Crippen LogP contribution is 2.44. The Bertz CT molecular complexity index is 611. The lowest BCUT2D eigenvalue weighted by Gasteiger charge is -2.23. The smallest absolute Gasteiger partial charge is 0.421 e. The third-order valence-electron chi connectivity index (χ3n) is 3.08. The van der Waals surface area contributed by atoms with Crippen LogP contribution in [0.25, 0.3) is 0 Å². The highest BCUT2D eigenvalue weighted by Gasteiger charge is 2.67. The molecule has 1 aromatic carbocycles. The number of halogens is 5. The average Bonchev–Trinajstić information content (AvgIpc) is 3.15. The highest BCUT2D eigenvalue weighted by molar-refractivity contribution is 6.40. The van der Waals surface area contributed by atoms with E-state index in [-0.39, 0.29) is 20.5 Å². The molecule has 2 rings (SSSR count). The Morgan fingerprint density at radius 2 is 1.82 bits per heavy atom. The number of carbonyl (C=O) groups excluding carboxylic acids is 1. The predicted molar refractivity (Wildman–Crippen MR) is 70.3 cm³/mol. The van der Waals surface area contributed by atoms with E-state index < -0.39 is 36.9 Å². The fourth-order valence-corrected chi connectivity index (χ4v) is 2.31. The zero-order valence-corrected chi connectivity index (χ0v) is 12.2. The largest absolute Gasteiger partial charge is 0.465 e. The number of amides is 2. The van der Waals surface area contributed by atoms with Crippen LogP contribution in [0.4, 0.5) is 18.0 Å². The Kier molecular flexibility index (Phi) is 4.29. The Morgan fingerprint density at radius 3 is 2.18 bits per heavy atom. The van der Waals surface area contributed by atoms with Gasteiger partial charge in [0.2, 0.25) is 5.60 Å². The van der Waals surface area contributed by atoms with E-state index in [1.54, 1.807) is 0 Å². The molecule has 1 fully saturated rings. The summed E-state index contributed by atoms with van der Waals surface area (Å²) in [5.74, 6) is -1.25. The highest BCUT2D eigenvalue weighted by atomic mass is 35.5. The van der Waals surface area contributed by atoms with E-state index in [2.05, 4.69) is 4.74 Å². The summed E-state index contributed by atoms with van der Waals surface area (Å²) >= 11 is 11.5. The molecule has 22 heavy (non-hydrogen) atoms. The summed E-state index contributed by atoms with van der Waals surface area (Å²) in [4.78, 5) is 23.4. The van der Waals surface area contributed by atoms with Gasteiger partial charge in [0.1, 0.15) is 0 Å². The molecule has 1 N–H and O–H groups in total. The summed E-state index contributed by atoms with van der Waals surface area (Å²) in [6, 6.07) is 3.95.